The van der Waals surface area contributed by atoms with Crippen molar-refractivity contribution < 1.29 is 0 Å². The summed E-state index contributed by atoms with van der Waals surface area (Å²) in [5.74, 6) is 0. The second-order valence-corrected chi connectivity index (χ2v) is 6.35. The Balaban J connectivity index is 1.87. The Labute approximate surface area is 113 Å². The van der Waals surface area contributed by atoms with Crippen molar-refractivity contribution in [3.63, 3.8) is 0 Å². The normalized spacial score (nSPS) is 23.8. The molecule has 1 aliphatic rings. The van der Waals surface area contributed by atoms with Crippen LogP contribution in [0.4, 0.5) is 0 Å². The van der Waals surface area contributed by atoms with Gasteiger partial charge in [0.15, 0.2) is 0 Å². The molecule has 0 spiro atoms. The van der Waals surface area contributed by atoms with E-state index in [-0.39, 0.29) is 0 Å². The molecule has 0 aromatic carbocycles. The van der Waals surface area contributed by atoms with Crippen LogP contribution in [-0.2, 0) is 0 Å². The zero-order valence-electron chi connectivity index (χ0n) is 10.6. The van der Waals surface area contributed by atoms with E-state index in [2.05, 4.69) is 35.5 Å². The molecule has 1 fully saturated rings. The maximum absolute atomic E-state index is 5.98. The van der Waals surface area contributed by atoms with Crippen molar-refractivity contribution in [2.75, 3.05) is 19.6 Å². The molecule has 96 valence electrons. The fourth-order valence-electron chi connectivity index (χ4n) is 2.48. The summed E-state index contributed by atoms with van der Waals surface area (Å²) in [6.45, 7) is 8.07. The van der Waals surface area contributed by atoms with E-state index in [1.165, 1.54) is 31.5 Å². The Kier molecular flexibility index (Phi) is 4.86. The number of hydrogen-bond acceptors (Lipinski definition) is 3. The highest BCUT2D eigenvalue weighted by Gasteiger charge is 2.20. The van der Waals surface area contributed by atoms with Gasteiger partial charge in [0.25, 0.3) is 0 Å². The smallest absolute Gasteiger partial charge is 0.0931 e. The summed E-state index contributed by atoms with van der Waals surface area (Å²) in [6, 6.07) is 3.10. The van der Waals surface area contributed by atoms with E-state index in [9.17, 15) is 0 Å². The molecule has 0 saturated carbocycles. The Morgan fingerprint density at radius 1 is 1.65 bits per heavy atom. The molecule has 2 unspecified atom stereocenters. The van der Waals surface area contributed by atoms with Gasteiger partial charge in [-0.15, -0.1) is 11.3 Å². The van der Waals surface area contributed by atoms with Crippen molar-refractivity contribution in [1.82, 2.24) is 10.2 Å². The summed E-state index contributed by atoms with van der Waals surface area (Å²) >= 11 is 7.59. The van der Waals surface area contributed by atoms with Crippen LogP contribution >= 0.6 is 22.9 Å². The molecule has 0 bridgehead atoms. The van der Waals surface area contributed by atoms with Gasteiger partial charge < -0.3 is 10.2 Å². The van der Waals surface area contributed by atoms with Crippen LogP contribution in [0.15, 0.2) is 11.4 Å². The lowest BCUT2D eigenvalue weighted by Crippen LogP contribution is -2.46. The molecule has 1 saturated heterocycles. The van der Waals surface area contributed by atoms with Crippen LogP contribution in [0.2, 0.25) is 4.34 Å². The number of nitrogens with zero attached hydrogens (tertiary/aromatic N) is 1. The molecule has 2 nitrogen and oxygen atoms in total. The van der Waals surface area contributed by atoms with Crippen LogP contribution in [0.5, 0.6) is 0 Å². The zero-order chi connectivity index (χ0) is 12.3. The molecule has 0 amide bonds. The number of rotatable bonds is 4. The Hall–Kier alpha value is -0.0900. The van der Waals surface area contributed by atoms with Crippen LogP contribution in [0.25, 0.3) is 0 Å². The van der Waals surface area contributed by atoms with Crippen molar-refractivity contribution in [1.29, 1.82) is 0 Å². The molecule has 1 aromatic rings. The lowest BCUT2D eigenvalue weighted by molar-refractivity contribution is 0.192. The van der Waals surface area contributed by atoms with Gasteiger partial charge in [0.05, 0.1) is 4.34 Å². The summed E-state index contributed by atoms with van der Waals surface area (Å²) in [6.07, 6.45) is 2.60. The summed E-state index contributed by atoms with van der Waals surface area (Å²) in [7, 11) is 0. The minimum atomic E-state index is 0.403. The van der Waals surface area contributed by atoms with Crippen LogP contribution in [0.1, 0.15) is 38.3 Å². The number of likely N-dealkylation sites (N-methyl/N-ethyl adjacent to an activating group) is 1. The van der Waals surface area contributed by atoms with Gasteiger partial charge in [-0.2, -0.15) is 0 Å². The lowest BCUT2D eigenvalue weighted by atomic mass is 10.0. The Morgan fingerprint density at radius 2 is 2.47 bits per heavy atom. The minimum Gasteiger partial charge on any atom is -0.306 e. The first-order valence-corrected chi connectivity index (χ1v) is 7.67. The summed E-state index contributed by atoms with van der Waals surface area (Å²) in [4.78, 5) is 2.52. The van der Waals surface area contributed by atoms with Gasteiger partial charge in [-0.3, -0.25) is 0 Å². The molecular formula is C13H21ClN2S. The molecule has 0 radical (unpaired) electrons. The van der Waals surface area contributed by atoms with Gasteiger partial charge in [0.2, 0.25) is 0 Å². The summed E-state index contributed by atoms with van der Waals surface area (Å²) in [5.41, 5.74) is 1.31. The third kappa shape index (κ3) is 3.68. The highest BCUT2D eigenvalue weighted by Crippen LogP contribution is 2.25. The van der Waals surface area contributed by atoms with Crippen LogP contribution in [-0.4, -0.2) is 30.6 Å². The van der Waals surface area contributed by atoms with E-state index >= 15 is 0 Å². The average Bonchev–Trinajstić information content (AvgIpc) is 2.76. The molecular weight excluding hydrogens is 252 g/mol. The lowest BCUT2D eigenvalue weighted by Gasteiger charge is -2.34. The first kappa shape index (κ1) is 13.3. The zero-order valence-corrected chi connectivity index (χ0v) is 12.2. The van der Waals surface area contributed by atoms with Gasteiger partial charge in [-0.05, 0) is 49.9 Å². The van der Waals surface area contributed by atoms with Crippen molar-refractivity contribution in [3.8, 4) is 0 Å². The number of piperidine rings is 1. The third-order valence-corrected chi connectivity index (χ3v) is 4.64. The van der Waals surface area contributed by atoms with Crippen LogP contribution in [0, 0.1) is 0 Å². The highest BCUT2D eigenvalue weighted by atomic mass is 35.5. The maximum atomic E-state index is 5.98. The second-order valence-electron chi connectivity index (χ2n) is 4.80. The minimum absolute atomic E-state index is 0.403. The van der Waals surface area contributed by atoms with E-state index in [0.717, 1.165) is 10.9 Å². The molecule has 1 N–H and O–H groups in total. The molecule has 0 aliphatic carbocycles. The fourth-order valence-corrected chi connectivity index (χ4v) is 3.46. The Bertz CT molecular complexity index is 353. The van der Waals surface area contributed by atoms with Crippen molar-refractivity contribution in [3.05, 3.63) is 21.3 Å². The molecule has 4 heteroatoms. The van der Waals surface area contributed by atoms with Gasteiger partial charge >= 0.3 is 0 Å². The average molecular weight is 273 g/mol. The summed E-state index contributed by atoms with van der Waals surface area (Å²) < 4.78 is 0.882. The number of hydrogen-bond donors (Lipinski definition) is 1. The number of thiophene rings is 1. The van der Waals surface area contributed by atoms with Crippen molar-refractivity contribution in [2.24, 2.45) is 0 Å². The molecule has 1 aliphatic heterocycles. The quantitative estimate of drug-likeness (QED) is 0.902. The largest absolute Gasteiger partial charge is 0.306 e. The second kappa shape index (κ2) is 6.19. The van der Waals surface area contributed by atoms with Crippen molar-refractivity contribution in [2.45, 2.75) is 38.8 Å². The van der Waals surface area contributed by atoms with Gasteiger partial charge in [0.1, 0.15) is 0 Å². The number of nitrogens with one attached hydrogen (secondary N) is 1. The third-order valence-electron chi connectivity index (χ3n) is 3.53. The maximum Gasteiger partial charge on any atom is 0.0931 e. The van der Waals surface area contributed by atoms with E-state index < -0.39 is 0 Å². The Morgan fingerprint density at radius 3 is 3.12 bits per heavy atom. The first-order chi connectivity index (χ1) is 8.19. The van der Waals surface area contributed by atoms with Gasteiger partial charge in [0, 0.05) is 18.6 Å². The number of likely N-dealkylation sites (tertiary alicyclic amines) is 1. The van der Waals surface area contributed by atoms with E-state index in [1.54, 1.807) is 11.3 Å². The van der Waals surface area contributed by atoms with E-state index in [4.69, 9.17) is 11.6 Å². The van der Waals surface area contributed by atoms with Gasteiger partial charge in [-0.25, -0.2) is 0 Å². The van der Waals surface area contributed by atoms with Crippen LogP contribution in [0.3, 0.4) is 0 Å². The molecule has 2 atom stereocenters. The van der Waals surface area contributed by atoms with Crippen LogP contribution < -0.4 is 5.32 Å². The fraction of sp³-hybridized carbons (Fsp3) is 0.692. The number of halogens is 1. The monoisotopic (exact) mass is 272 g/mol. The predicted octanol–water partition coefficient (Wildman–Crippen LogP) is 3.54. The van der Waals surface area contributed by atoms with E-state index in [1.807, 2.05) is 0 Å². The first-order valence-electron chi connectivity index (χ1n) is 6.41. The van der Waals surface area contributed by atoms with Gasteiger partial charge in [-0.1, -0.05) is 18.5 Å². The van der Waals surface area contributed by atoms with Crippen molar-refractivity contribution >= 4 is 22.9 Å². The highest BCUT2D eigenvalue weighted by molar-refractivity contribution is 7.14. The van der Waals surface area contributed by atoms with E-state index in [0.29, 0.717) is 12.1 Å². The topological polar surface area (TPSA) is 15.3 Å². The summed E-state index contributed by atoms with van der Waals surface area (Å²) in [5, 5.41) is 5.87. The molecule has 2 rings (SSSR count). The SMILES string of the molecule is CCN1CCCC(NC(C)c2csc(Cl)c2)C1. The molecule has 2 heterocycles. The molecule has 17 heavy (non-hydrogen) atoms. The standard InChI is InChI=1S/C13H21ClN2S/c1-3-16-6-4-5-12(8-16)15-10(2)11-7-13(14)17-9-11/h7,9-10,12,15H,3-6,8H2,1-2H3. The predicted molar refractivity (Wildman–Crippen MR) is 76.0 cm³/mol. The molecule has 1 aromatic heterocycles.